The molecule has 0 saturated heterocycles. The average Bonchev–Trinajstić information content (AvgIpc) is 3.34. The largest absolute Gasteiger partial charge is 0.392 e. The summed E-state index contributed by atoms with van der Waals surface area (Å²) in [6, 6.07) is 15.8. The fourth-order valence-corrected chi connectivity index (χ4v) is 9.65. The van der Waals surface area contributed by atoms with Gasteiger partial charge in [0.15, 0.2) is 5.13 Å². The molecule has 2 amide bonds. The number of nitrogens with one attached hydrogen (secondary N) is 2. The molecule has 1 fully saturated rings. The van der Waals surface area contributed by atoms with Crippen LogP contribution in [0, 0.1) is 23.2 Å². The van der Waals surface area contributed by atoms with Crippen LogP contribution in [0.2, 0.25) is 0 Å². The van der Waals surface area contributed by atoms with Gasteiger partial charge in [-0.2, -0.15) is 0 Å². The summed E-state index contributed by atoms with van der Waals surface area (Å²) in [7, 11) is -2.08. The predicted molar refractivity (Wildman–Crippen MR) is 168 cm³/mol. The van der Waals surface area contributed by atoms with Gasteiger partial charge in [0, 0.05) is 42.9 Å². The number of rotatable bonds is 8. The van der Waals surface area contributed by atoms with Crippen molar-refractivity contribution in [1.82, 2.24) is 9.88 Å². The minimum absolute atomic E-state index is 0.0242. The molecule has 9 nitrogen and oxygen atoms in total. The lowest BCUT2D eigenvalue weighted by molar-refractivity contribution is -0.144. The number of anilines is 2. The van der Waals surface area contributed by atoms with E-state index in [4.69, 9.17) is 4.98 Å². The molecular formula is C32H40N4O5S2. The number of fused-ring (bicyclic) bond motifs is 2. The van der Waals surface area contributed by atoms with Crippen LogP contribution in [0.15, 0.2) is 59.5 Å². The molecule has 0 aliphatic heterocycles. The Balaban J connectivity index is 1.31. The van der Waals surface area contributed by atoms with E-state index in [1.807, 2.05) is 44.3 Å². The first-order chi connectivity index (χ1) is 20.3. The first-order valence-electron chi connectivity index (χ1n) is 14.7. The van der Waals surface area contributed by atoms with Crippen molar-refractivity contribution in [2.75, 3.05) is 17.1 Å². The van der Waals surface area contributed by atoms with Crippen molar-refractivity contribution in [3.8, 4) is 0 Å². The highest BCUT2D eigenvalue weighted by molar-refractivity contribution is 7.93. The molecule has 0 spiro atoms. The van der Waals surface area contributed by atoms with E-state index in [9.17, 15) is 23.1 Å². The normalized spacial score (nSPS) is 25.6. The van der Waals surface area contributed by atoms with E-state index in [1.54, 1.807) is 17.0 Å². The van der Waals surface area contributed by atoms with Gasteiger partial charge in [-0.3, -0.25) is 14.3 Å². The van der Waals surface area contributed by atoms with E-state index in [-0.39, 0.29) is 45.8 Å². The van der Waals surface area contributed by atoms with Crippen LogP contribution in [0.4, 0.5) is 10.8 Å². The van der Waals surface area contributed by atoms with Gasteiger partial charge in [-0.25, -0.2) is 13.4 Å². The van der Waals surface area contributed by atoms with E-state index >= 15 is 0 Å². The molecule has 1 heterocycles. The van der Waals surface area contributed by atoms with Crippen LogP contribution in [0.3, 0.4) is 0 Å². The van der Waals surface area contributed by atoms with Crippen LogP contribution in [0.5, 0.6) is 0 Å². The maximum absolute atomic E-state index is 13.5. The Labute approximate surface area is 257 Å². The summed E-state index contributed by atoms with van der Waals surface area (Å²) < 4.78 is 28.9. The van der Waals surface area contributed by atoms with Gasteiger partial charge in [0.25, 0.3) is 10.0 Å². The second kappa shape index (κ2) is 12.0. The second-order valence-corrected chi connectivity index (χ2v) is 15.2. The van der Waals surface area contributed by atoms with E-state index in [0.29, 0.717) is 23.8 Å². The Kier molecular flexibility index (Phi) is 8.70. The summed E-state index contributed by atoms with van der Waals surface area (Å²) in [5.74, 6) is -0.945. The van der Waals surface area contributed by atoms with Crippen LogP contribution in [0.1, 0.15) is 62.6 Å². The number of hydrogen-bond acceptors (Lipinski definition) is 7. The molecule has 3 N–H and O–H groups in total. The zero-order valence-corrected chi connectivity index (χ0v) is 26.8. The molecule has 6 unspecified atom stereocenters. The van der Waals surface area contributed by atoms with Crippen LogP contribution in [-0.2, 0) is 32.6 Å². The minimum Gasteiger partial charge on any atom is -0.392 e. The maximum atomic E-state index is 13.5. The van der Waals surface area contributed by atoms with Gasteiger partial charge in [-0.05, 0) is 66.3 Å². The van der Waals surface area contributed by atoms with Gasteiger partial charge >= 0.3 is 0 Å². The van der Waals surface area contributed by atoms with Crippen molar-refractivity contribution in [2.45, 2.75) is 70.4 Å². The third-order valence-corrected chi connectivity index (χ3v) is 11.8. The number of carbonyl (C=O) groups excluding carboxylic acids is 2. The molecular weight excluding hydrogens is 585 g/mol. The van der Waals surface area contributed by atoms with Crippen molar-refractivity contribution in [2.24, 2.45) is 23.2 Å². The van der Waals surface area contributed by atoms with E-state index in [0.717, 1.165) is 29.0 Å². The lowest BCUT2D eigenvalue weighted by atomic mass is 9.53. The summed E-state index contributed by atoms with van der Waals surface area (Å²) in [5, 5.41) is 14.7. The molecule has 43 heavy (non-hydrogen) atoms. The Morgan fingerprint density at radius 1 is 1.16 bits per heavy atom. The number of aromatic nitrogens is 1. The van der Waals surface area contributed by atoms with Crippen molar-refractivity contribution < 1.29 is 23.1 Å². The average molecular weight is 625 g/mol. The number of thiazole rings is 1. The molecule has 0 radical (unpaired) electrons. The smallest absolute Gasteiger partial charge is 0.263 e. The Bertz CT molecular complexity index is 1590. The van der Waals surface area contributed by atoms with Gasteiger partial charge in [-0.1, -0.05) is 51.1 Å². The summed E-state index contributed by atoms with van der Waals surface area (Å²) in [6.07, 6.45) is 1.62. The quantitative estimate of drug-likeness (QED) is 0.314. The highest BCUT2D eigenvalue weighted by atomic mass is 32.2. The topological polar surface area (TPSA) is 129 Å². The first-order valence-corrected chi connectivity index (χ1v) is 17.0. The van der Waals surface area contributed by atoms with Crippen LogP contribution in [0.25, 0.3) is 0 Å². The second-order valence-electron chi connectivity index (χ2n) is 12.4. The Morgan fingerprint density at radius 3 is 2.49 bits per heavy atom. The number of aliphatic hydroxyl groups excluding tert-OH is 1. The molecule has 0 bridgehead atoms. The molecule has 11 heteroatoms. The number of aliphatic hydroxyl groups is 1. The molecule has 230 valence electrons. The maximum Gasteiger partial charge on any atom is 0.263 e. The number of amides is 2. The van der Waals surface area contributed by atoms with Crippen LogP contribution >= 0.6 is 11.3 Å². The summed E-state index contributed by atoms with van der Waals surface area (Å²) in [5.41, 5.74) is 2.19. The van der Waals surface area contributed by atoms with Crippen molar-refractivity contribution >= 4 is 44.0 Å². The zero-order chi connectivity index (χ0) is 31.1. The molecule has 6 atom stereocenters. The van der Waals surface area contributed by atoms with E-state index < -0.39 is 16.1 Å². The number of hydrogen-bond donors (Lipinski definition) is 3. The fraction of sp³-hybridized carbons (Fsp3) is 0.469. The van der Waals surface area contributed by atoms with Gasteiger partial charge in [0.1, 0.15) is 0 Å². The van der Waals surface area contributed by atoms with Gasteiger partial charge in [-0.15, -0.1) is 11.3 Å². The Hall–Kier alpha value is -3.28. The molecule has 2 aliphatic carbocycles. The minimum atomic E-state index is -3.89. The number of carbonyl (C=O) groups is 2. The number of sulfonamides is 1. The molecule has 3 aromatic rings. The van der Waals surface area contributed by atoms with Crippen molar-refractivity contribution in [1.29, 1.82) is 0 Å². The number of benzene rings is 2. The molecule has 2 aromatic carbocycles. The lowest BCUT2D eigenvalue weighted by Gasteiger charge is -2.53. The third-order valence-electron chi connectivity index (χ3n) is 9.30. The SMILES string of the molecule is CC(=O)Nc1ccc(S(=O)(=O)Nc2nc3c(s2)CC2(C)CCC(C(C)C(=O)N(C)Cc4ccccc4)C(O)C2C3C)cc1. The first kappa shape index (κ1) is 31.2. The highest BCUT2D eigenvalue weighted by Gasteiger charge is 2.54. The van der Waals surface area contributed by atoms with Gasteiger partial charge < -0.3 is 15.3 Å². The molecule has 5 rings (SSSR count). The Morgan fingerprint density at radius 2 is 1.84 bits per heavy atom. The van der Waals surface area contributed by atoms with Crippen molar-refractivity contribution in [3.63, 3.8) is 0 Å². The summed E-state index contributed by atoms with van der Waals surface area (Å²) in [6.45, 7) is 8.09. The lowest BCUT2D eigenvalue weighted by Crippen LogP contribution is -2.53. The molecule has 1 saturated carbocycles. The van der Waals surface area contributed by atoms with E-state index in [2.05, 4.69) is 23.9 Å². The number of nitrogens with zero attached hydrogens (tertiary/aromatic N) is 2. The molecule has 1 aromatic heterocycles. The zero-order valence-electron chi connectivity index (χ0n) is 25.2. The van der Waals surface area contributed by atoms with Crippen molar-refractivity contribution in [3.05, 3.63) is 70.7 Å². The monoisotopic (exact) mass is 624 g/mol. The third kappa shape index (κ3) is 6.34. The summed E-state index contributed by atoms with van der Waals surface area (Å²) >= 11 is 1.34. The summed E-state index contributed by atoms with van der Waals surface area (Å²) in [4.78, 5) is 32.3. The standard InChI is InChI=1S/C32H40N4O5S2/c1-19(30(39)36(5)18-22-9-7-6-8-10-22)25-15-16-32(4)17-26-28(20(2)27(32)29(25)38)34-31(42-26)35-43(40,41)24-13-11-23(12-14-24)33-21(3)37/h6-14,19-20,25,27,29,38H,15-18H2,1-5H3,(H,33,37)(H,34,35). The molecule has 2 aliphatic rings. The predicted octanol–water partition coefficient (Wildman–Crippen LogP) is 5.25. The van der Waals surface area contributed by atoms with Crippen LogP contribution < -0.4 is 10.0 Å². The van der Waals surface area contributed by atoms with Gasteiger partial charge in [0.2, 0.25) is 11.8 Å². The van der Waals surface area contributed by atoms with Gasteiger partial charge in [0.05, 0.1) is 16.7 Å². The van der Waals surface area contributed by atoms with E-state index in [1.165, 1.54) is 30.4 Å². The van der Waals surface area contributed by atoms with Crippen LogP contribution in [-0.4, -0.2) is 48.4 Å². The highest BCUT2D eigenvalue weighted by Crippen LogP contribution is 2.57. The fourth-order valence-electron chi connectivity index (χ4n) is 7.15.